The Bertz CT molecular complexity index is 557. The summed E-state index contributed by atoms with van der Waals surface area (Å²) in [5.41, 5.74) is 8.24. The van der Waals surface area contributed by atoms with Crippen molar-refractivity contribution in [3.8, 4) is 0 Å². The highest BCUT2D eigenvalue weighted by Gasteiger charge is 2.10. The molecule has 0 saturated carbocycles. The molecule has 0 unspecified atom stereocenters. The van der Waals surface area contributed by atoms with Gasteiger partial charge in [0.1, 0.15) is 0 Å². The SMILES string of the molecule is NCc1ccc(N(C=O)Cc2ccccc2)c(Cl)c1. The summed E-state index contributed by atoms with van der Waals surface area (Å²) in [5, 5.41) is 0.533. The molecule has 3 nitrogen and oxygen atoms in total. The second kappa shape index (κ2) is 6.36. The molecular weight excluding hydrogens is 260 g/mol. The summed E-state index contributed by atoms with van der Waals surface area (Å²) in [4.78, 5) is 12.8. The van der Waals surface area contributed by atoms with Crippen LogP contribution in [-0.2, 0) is 17.9 Å². The number of halogens is 1. The summed E-state index contributed by atoms with van der Waals surface area (Å²) in [5.74, 6) is 0. The molecule has 2 aromatic carbocycles. The van der Waals surface area contributed by atoms with E-state index in [4.69, 9.17) is 17.3 Å². The lowest BCUT2D eigenvalue weighted by atomic mass is 10.1. The van der Waals surface area contributed by atoms with Crippen molar-refractivity contribution in [1.82, 2.24) is 0 Å². The molecule has 0 bridgehead atoms. The molecule has 0 fully saturated rings. The minimum atomic E-state index is 0.430. The molecule has 4 heteroatoms. The van der Waals surface area contributed by atoms with Gasteiger partial charge in [-0.3, -0.25) is 4.79 Å². The Morgan fingerprint density at radius 2 is 1.84 bits per heavy atom. The molecule has 2 aromatic rings. The summed E-state index contributed by atoms with van der Waals surface area (Å²) in [6.07, 6.45) is 0.788. The first-order valence-electron chi connectivity index (χ1n) is 5.99. The van der Waals surface area contributed by atoms with Crippen molar-refractivity contribution in [2.24, 2.45) is 5.73 Å². The van der Waals surface area contributed by atoms with Gasteiger partial charge in [0, 0.05) is 6.54 Å². The minimum absolute atomic E-state index is 0.430. The predicted octanol–water partition coefficient (Wildman–Crippen LogP) is 2.96. The molecule has 2 rings (SSSR count). The molecule has 2 N–H and O–H groups in total. The second-order valence-electron chi connectivity index (χ2n) is 4.21. The summed E-state index contributed by atoms with van der Waals surface area (Å²) < 4.78 is 0. The Morgan fingerprint density at radius 1 is 1.11 bits per heavy atom. The zero-order valence-electron chi connectivity index (χ0n) is 10.4. The van der Waals surface area contributed by atoms with Gasteiger partial charge in [0.2, 0.25) is 6.41 Å². The second-order valence-corrected chi connectivity index (χ2v) is 4.62. The van der Waals surface area contributed by atoms with Crippen LogP contribution in [0.15, 0.2) is 48.5 Å². The van der Waals surface area contributed by atoms with E-state index in [-0.39, 0.29) is 0 Å². The Balaban J connectivity index is 2.25. The average Bonchev–Trinajstić information content (AvgIpc) is 2.46. The zero-order valence-corrected chi connectivity index (χ0v) is 11.2. The van der Waals surface area contributed by atoms with E-state index >= 15 is 0 Å². The Hall–Kier alpha value is -1.84. The lowest BCUT2D eigenvalue weighted by molar-refractivity contribution is -0.107. The van der Waals surface area contributed by atoms with Crippen LogP contribution in [0.2, 0.25) is 5.02 Å². The van der Waals surface area contributed by atoms with Crippen LogP contribution in [0.4, 0.5) is 5.69 Å². The third kappa shape index (κ3) is 3.34. The maximum absolute atomic E-state index is 11.3. The molecule has 0 aliphatic heterocycles. The van der Waals surface area contributed by atoms with E-state index in [1.165, 1.54) is 0 Å². The predicted molar refractivity (Wildman–Crippen MR) is 78.0 cm³/mol. The number of carbonyl (C=O) groups is 1. The van der Waals surface area contributed by atoms with Crippen molar-refractivity contribution in [2.45, 2.75) is 13.1 Å². The third-order valence-corrected chi connectivity index (χ3v) is 3.18. The Morgan fingerprint density at radius 3 is 2.42 bits per heavy atom. The van der Waals surface area contributed by atoms with Gasteiger partial charge in [0.15, 0.2) is 0 Å². The molecule has 98 valence electrons. The number of hydrogen-bond acceptors (Lipinski definition) is 2. The molecule has 1 amide bonds. The fraction of sp³-hybridized carbons (Fsp3) is 0.133. The number of nitrogens with two attached hydrogens (primary N) is 1. The number of rotatable bonds is 5. The monoisotopic (exact) mass is 274 g/mol. The van der Waals surface area contributed by atoms with Crippen molar-refractivity contribution in [3.05, 3.63) is 64.7 Å². The van der Waals surface area contributed by atoms with E-state index in [9.17, 15) is 4.79 Å². The van der Waals surface area contributed by atoms with Crippen molar-refractivity contribution in [2.75, 3.05) is 4.90 Å². The first-order valence-corrected chi connectivity index (χ1v) is 6.36. The average molecular weight is 275 g/mol. The number of nitrogens with zero attached hydrogens (tertiary/aromatic N) is 1. The highest BCUT2D eigenvalue weighted by atomic mass is 35.5. The van der Waals surface area contributed by atoms with Gasteiger partial charge in [-0.05, 0) is 23.3 Å². The molecule has 0 heterocycles. The summed E-state index contributed by atoms with van der Waals surface area (Å²) in [7, 11) is 0. The van der Waals surface area contributed by atoms with Gasteiger partial charge in [-0.1, -0.05) is 48.0 Å². The molecule has 0 radical (unpaired) electrons. The highest BCUT2D eigenvalue weighted by molar-refractivity contribution is 6.33. The van der Waals surface area contributed by atoms with Crippen molar-refractivity contribution in [3.63, 3.8) is 0 Å². The number of hydrogen-bond donors (Lipinski definition) is 1. The lowest BCUT2D eigenvalue weighted by Crippen LogP contribution is -2.20. The topological polar surface area (TPSA) is 46.3 Å². The van der Waals surface area contributed by atoms with Crippen molar-refractivity contribution in [1.29, 1.82) is 0 Å². The summed E-state index contributed by atoms with van der Waals surface area (Å²) in [6.45, 7) is 0.922. The molecule has 0 saturated heterocycles. The van der Waals surface area contributed by atoms with Crippen molar-refractivity contribution >= 4 is 23.7 Å². The molecule has 0 aliphatic rings. The molecular formula is C15H15ClN2O. The smallest absolute Gasteiger partial charge is 0.214 e. The van der Waals surface area contributed by atoms with E-state index in [2.05, 4.69) is 0 Å². The molecule has 0 aromatic heterocycles. The fourth-order valence-corrected chi connectivity index (χ4v) is 2.18. The minimum Gasteiger partial charge on any atom is -0.326 e. The summed E-state index contributed by atoms with van der Waals surface area (Å²) in [6, 6.07) is 15.3. The fourth-order valence-electron chi connectivity index (χ4n) is 1.87. The van der Waals surface area contributed by atoms with Crippen molar-refractivity contribution < 1.29 is 4.79 Å². The zero-order chi connectivity index (χ0) is 13.7. The van der Waals surface area contributed by atoms with Gasteiger partial charge in [-0.15, -0.1) is 0 Å². The van der Waals surface area contributed by atoms with E-state index in [1.807, 2.05) is 42.5 Å². The van der Waals surface area contributed by atoms with Gasteiger partial charge in [0.05, 0.1) is 17.3 Å². The van der Waals surface area contributed by atoms with Crippen LogP contribution in [0.5, 0.6) is 0 Å². The van der Waals surface area contributed by atoms with Gasteiger partial charge in [-0.2, -0.15) is 0 Å². The molecule has 19 heavy (non-hydrogen) atoms. The molecule has 0 spiro atoms. The van der Waals surface area contributed by atoms with Gasteiger partial charge in [-0.25, -0.2) is 0 Å². The van der Waals surface area contributed by atoms with E-state index in [1.54, 1.807) is 11.0 Å². The highest BCUT2D eigenvalue weighted by Crippen LogP contribution is 2.27. The third-order valence-electron chi connectivity index (χ3n) is 2.88. The normalized spacial score (nSPS) is 10.2. The number of benzene rings is 2. The van der Waals surface area contributed by atoms with Crippen LogP contribution in [0.3, 0.4) is 0 Å². The maximum Gasteiger partial charge on any atom is 0.214 e. The Kier molecular flexibility index (Phi) is 4.55. The van der Waals surface area contributed by atoms with Crippen LogP contribution < -0.4 is 10.6 Å². The molecule has 0 aliphatic carbocycles. The van der Waals surface area contributed by atoms with Gasteiger partial charge in [0.25, 0.3) is 0 Å². The summed E-state index contributed by atoms with van der Waals surface area (Å²) >= 11 is 6.19. The van der Waals surface area contributed by atoms with Gasteiger partial charge >= 0.3 is 0 Å². The first-order chi connectivity index (χ1) is 9.24. The van der Waals surface area contributed by atoms with E-state index < -0.39 is 0 Å². The Labute approximate surface area is 117 Å². The lowest BCUT2D eigenvalue weighted by Gasteiger charge is -2.19. The number of amides is 1. The standard InChI is InChI=1S/C15H15ClN2O/c16-14-8-13(9-17)6-7-15(14)18(11-19)10-12-4-2-1-3-5-12/h1-8,11H,9-10,17H2. The maximum atomic E-state index is 11.3. The van der Waals surface area contributed by atoms with Crippen LogP contribution >= 0.6 is 11.6 Å². The number of anilines is 1. The van der Waals surface area contributed by atoms with Gasteiger partial charge < -0.3 is 10.6 Å². The van der Waals surface area contributed by atoms with E-state index in [0.29, 0.717) is 23.8 Å². The molecule has 0 atom stereocenters. The number of carbonyl (C=O) groups excluding carboxylic acids is 1. The van der Waals surface area contributed by atoms with Crippen LogP contribution in [0, 0.1) is 0 Å². The largest absolute Gasteiger partial charge is 0.326 e. The first kappa shape index (κ1) is 13.6. The van der Waals surface area contributed by atoms with E-state index in [0.717, 1.165) is 17.5 Å². The van der Waals surface area contributed by atoms with Crippen LogP contribution in [0.1, 0.15) is 11.1 Å². The van der Waals surface area contributed by atoms with Crippen LogP contribution in [-0.4, -0.2) is 6.41 Å². The quantitative estimate of drug-likeness (QED) is 0.852. The van der Waals surface area contributed by atoms with Crippen LogP contribution in [0.25, 0.3) is 0 Å².